The molecular weight excluding hydrogens is 353 g/mol. The highest BCUT2D eigenvalue weighted by Gasteiger charge is 2.12. The van der Waals surface area contributed by atoms with Gasteiger partial charge in [0.2, 0.25) is 5.91 Å². The lowest BCUT2D eigenvalue weighted by Gasteiger charge is -2.19. The zero-order chi connectivity index (χ0) is 19.5. The molecule has 1 heterocycles. The van der Waals surface area contributed by atoms with E-state index in [9.17, 15) is 9.18 Å². The molecule has 0 spiro atoms. The predicted octanol–water partition coefficient (Wildman–Crippen LogP) is 1.21. The van der Waals surface area contributed by atoms with E-state index < -0.39 is 0 Å². The lowest BCUT2D eigenvalue weighted by atomic mass is 10.1. The van der Waals surface area contributed by atoms with Crippen LogP contribution in [0.5, 0.6) is 0 Å². The van der Waals surface area contributed by atoms with E-state index in [0.717, 1.165) is 17.5 Å². The van der Waals surface area contributed by atoms with Gasteiger partial charge in [-0.05, 0) is 43.7 Å². The molecule has 0 radical (unpaired) electrons. The summed E-state index contributed by atoms with van der Waals surface area (Å²) in [5, 5.41) is 24.6. The molecule has 0 unspecified atom stereocenters. The highest BCUT2D eigenvalue weighted by atomic mass is 19.1. The second-order valence-corrected chi connectivity index (χ2v) is 6.18. The topological polar surface area (TPSA) is 98.8 Å². The molecule has 0 aliphatic carbocycles. The molecule has 8 heteroatoms. The molecule has 0 atom stereocenters. The standard InChI is InChI=1S/C19H26FN3O4/c20-17-5-2-15(3-6-17)19-16(14-22-27-19)4-7-18(26)21-8-1-9-23(10-12-24)11-13-25/h2-3,5-6,14,24-25H,1,4,7-13H2,(H,21,26). The van der Waals surface area contributed by atoms with E-state index in [4.69, 9.17) is 14.7 Å². The Labute approximate surface area is 157 Å². The van der Waals surface area contributed by atoms with Gasteiger partial charge in [0.1, 0.15) is 5.82 Å². The maximum Gasteiger partial charge on any atom is 0.220 e. The van der Waals surface area contributed by atoms with Crippen LogP contribution in [-0.2, 0) is 11.2 Å². The number of carbonyl (C=O) groups is 1. The molecule has 0 fully saturated rings. The first-order valence-electron chi connectivity index (χ1n) is 9.04. The maximum atomic E-state index is 13.0. The molecule has 148 valence electrons. The molecule has 2 rings (SSSR count). The fraction of sp³-hybridized carbons (Fsp3) is 0.474. The van der Waals surface area contributed by atoms with Crippen LogP contribution in [0.4, 0.5) is 4.39 Å². The van der Waals surface area contributed by atoms with Crippen LogP contribution in [0.3, 0.4) is 0 Å². The summed E-state index contributed by atoms with van der Waals surface area (Å²) in [6.45, 7) is 2.33. The van der Waals surface area contributed by atoms with E-state index in [0.29, 0.717) is 44.8 Å². The third kappa shape index (κ3) is 7.09. The van der Waals surface area contributed by atoms with Crippen molar-refractivity contribution in [3.05, 3.63) is 41.8 Å². The molecule has 0 saturated heterocycles. The van der Waals surface area contributed by atoms with Crippen LogP contribution in [-0.4, -0.2) is 65.6 Å². The van der Waals surface area contributed by atoms with Crippen LogP contribution in [0, 0.1) is 5.82 Å². The van der Waals surface area contributed by atoms with E-state index in [2.05, 4.69) is 10.5 Å². The quantitative estimate of drug-likeness (QED) is 0.480. The maximum absolute atomic E-state index is 13.0. The summed E-state index contributed by atoms with van der Waals surface area (Å²) in [6, 6.07) is 5.93. The third-order valence-corrected chi connectivity index (χ3v) is 4.18. The molecular formula is C19H26FN3O4. The Kier molecular flexibility index (Phi) is 8.90. The fourth-order valence-electron chi connectivity index (χ4n) is 2.76. The van der Waals surface area contributed by atoms with E-state index in [1.165, 1.54) is 12.1 Å². The molecule has 1 amide bonds. The number of aryl methyl sites for hydroxylation is 1. The number of hydrogen-bond acceptors (Lipinski definition) is 6. The van der Waals surface area contributed by atoms with Crippen LogP contribution in [0.1, 0.15) is 18.4 Å². The number of nitrogens with one attached hydrogen (secondary N) is 1. The van der Waals surface area contributed by atoms with E-state index in [1.807, 2.05) is 4.90 Å². The number of aromatic nitrogens is 1. The summed E-state index contributed by atoms with van der Waals surface area (Å²) < 4.78 is 18.3. The molecule has 1 aromatic carbocycles. The van der Waals surface area contributed by atoms with Gasteiger partial charge in [-0.15, -0.1) is 0 Å². The van der Waals surface area contributed by atoms with Crippen molar-refractivity contribution in [3.63, 3.8) is 0 Å². The number of benzene rings is 1. The van der Waals surface area contributed by atoms with Crippen molar-refractivity contribution in [1.82, 2.24) is 15.4 Å². The first-order chi connectivity index (χ1) is 13.1. The largest absolute Gasteiger partial charge is 0.395 e. The smallest absolute Gasteiger partial charge is 0.220 e. The number of aliphatic hydroxyl groups excluding tert-OH is 2. The van der Waals surface area contributed by atoms with Gasteiger partial charge in [0.15, 0.2) is 5.76 Å². The van der Waals surface area contributed by atoms with Gasteiger partial charge in [-0.2, -0.15) is 0 Å². The van der Waals surface area contributed by atoms with Gasteiger partial charge in [-0.3, -0.25) is 9.69 Å². The Balaban J connectivity index is 1.73. The van der Waals surface area contributed by atoms with Gasteiger partial charge < -0.3 is 20.1 Å². The molecule has 0 aliphatic rings. The summed E-state index contributed by atoms with van der Waals surface area (Å²) in [6.07, 6.45) is 3.09. The molecule has 0 saturated carbocycles. The molecule has 3 N–H and O–H groups in total. The van der Waals surface area contributed by atoms with Crippen molar-refractivity contribution in [1.29, 1.82) is 0 Å². The number of nitrogens with zero attached hydrogens (tertiary/aromatic N) is 2. The van der Waals surface area contributed by atoms with Gasteiger partial charge in [-0.1, -0.05) is 5.16 Å². The number of amides is 1. The molecule has 0 bridgehead atoms. The minimum absolute atomic E-state index is 0.0431. The molecule has 7 nitrogen and oxygen atoms in total. The Morgan fingerprint density at radius 1 is 1.15 bits per heavy atom. The third-order valence-electron chi connectivity index (χ3n) is 4.18. The van der Waals surface area contributed by atoms with Crippen molar-refractivity contribution in [3.8, 4) is 11.3 Å². The van der Waals surface area contributed by atoms with E-state index in [1.54, 1.807) is 18.3 Å². The average molecular weight is 379 g/mol. The minimum Gasteiger partial charge on any atom is -0.395 e. The van der Waals surface area contributed by atoms with Crippen LogP contribution in [0.15, 0.2) is 35.0 Å². The number of carbonyl (C=O) groups excluding carboxylic acids is 1. The number of hydrogen-bond donors (Lipinski definition) is 3. The summed E-state index contributed by atoms with van der Waals surface area (Å²) >= 11 is 0. The number of rotatable bonds is 12. The average Bonchev–Trinajstić information content (AvgIpc) is 3.13. The summed E-state index contributed by atoms with van der Waals surface area (Å²) in [4.78, 5) is 14.0. The zero-order valence-corrected chi connectivity index (χ0v) is 15.2. The SMILES string of the molecule is O=C(CCc1cnoc1-c1ccc(F)cc1)NCCCN(CCO)CCO. The predicted molar refractivity (Wildman–Crippen MR) is 98.5 cm³/mol. The van der Waals surface area contributed by atoms with Gasteiger partial charge in [0.25, 0.3) is 0 Å². The van der Waals surface area contributed by atoms with Crippen LogP contribution in [0.25, 0.3) is 11.3 Å². The monoisotopic (exact) mass is 379 g/mol. The number of aliphatic hydroxyl groups is 2. The molecule has 27 heavy (non-hydrogen) atoms. The van der Waals surface area contributed by atoms with Gasteiger partial charge in [0, 0.05) is 37.2 Å². The second kappa shape index (κ2) is 11.4. The Hall–Kier alpha value is -2.29. The van der Waals surface area contributed by atoms with Crippen molar-refractivity contribution < 1.29 is 23.9 Å². The Bertz CT molecular complexity index is 685. The Morgan fingerprint density at radius 3 is 2.52 bits per heavy atom. The normalized spacial score (nSPS) is 11.1. The van der Waals surface area contributed by atoms with E-state index >= 15 is 0 Å². The van der Waals surface area contributed by atoms with Gasteiger partial charge in [0.05, 0.1) is 19.4 Å². The van der Waals surface area contributed by atoms with Crippen molar-refractivity contribution in [2.75, 3.05) is 39.4 Å². The van der Waals surface area contributed by atoms with Crippen molar-refractivity contribution in [2.24, 2.45) is 0 Å². The van der Waals surface area contributed by atoms with Crippen molar-refractivity contribution >= 4 is 5.91 Å². The summed E-state index contributed by atoms with van der Waals surface area (Å²) in [7, 11) is 0. The van der Waals surface area contributed by atoms with Gasteiger partial charge in [-0.25, -0.2) is 4.39 Å². The van der Waals surface area contributed by atoms with Crippen LogP contribution >= 0.6 is 0 Å². The fourth-order valence-corrected chi connectivity index (χ4v) is 2.76. The molecule has 0 aliphatic heterocycles. The van der Waals surface area contributed by atoms with Crippen LogP contribution < -0.4 is 5.32 Å². The Morgan fingerprint density at radius 2 is 1.85 bits per heavy atom. The van der Waals surface area contributed by atoms with Gasteiger partial charge >= 0.3 is 0 Å². The van der Waals surface area contributed by atoms with Crippen LogP contribution in [0.2, 0.25) is 0 Å². The number of halogens is 1. The lowest BCUT2D eigenvalue weighted by molar-refractivity contribution is -0.121. The first-order valence-corrected chi connectivity index (χ1v) is 9.04. The first kappa shape index (κ1) is 21.0. The molecule has 1 aromatic heterocycles. The second-order valence-electron chi connectivity index (χ2n) is 6.18. The minimum atomic E-state index is -0.323. The highest BCUT2D eigenvalue weighted by Crippen LogP contribution is 2.24. The van der Waals surface area contributed by atoms with E-state index in [-0.39, 0.29) is 24.9 Å². The highest BCUT2D eigenvalue weighted by molar-refractivity contribution is 5.76. The molecule has 2 aromatic rings. The zero-order valence-electron chi connectivity index (χ0n) is 15.2. The van der Waals surface area contributed by atoms with Crippen molar-refractivity contribution in [2.45, 2.75) is 19.3 Å². The summed E-state index contributed by atoms with van der Waals surface area (Å²) in [5.74, 6) is 0.152. The summed E-state index contributed by atoms with van der Waals surface area (Å²) in [5.41, 5.74) is 1.52. The lowest BCUT2D eigenvalue weighted by Crippen LogP contribution is -2.33.